The zero-order chi connectivity index (χ0) is 34.8. The number of rotatable bonds is 9. The van der Waals surface area contributed by atoms with E-state index >= 15 is 4.39 Å². The second-order valence-electron chi connectivity index (χ2n) is 12.3. The molecule has 5 aromatic rings. The van der Waals surface area contributed by atoms with E-state index in [1.54, 1.807) is 41.4 Å². The van der Waals surface area contributed by atoms with Crippen molar-refractivity contribution in [1.82, 2.24) is 34.2 Å². The van der Waals surface area contributed by atoms with Crippen LogP contribution in [0.4, 0.5) is 10.2 Å². The summed E-state index contributed by atoms with van der Waals surface area (Å²) < 4.78 is 24.3. The van der Waals surface area contributed by atoms with Crippen molar-refractivity contribution < 1.29 is 18.7 Å². The monoisotopic (exact) mass is 678 g/mol. The van der Waals surface area contributed by atoms with Crippen LogP contribution in [0.5, 0.6) is 5.75 Å². The smallest absolute Gasteiger partial charge is 0.270 e. The first-order valence-electron chi connectivity index (χ1n) is 16.5. The molecule has 0 aliphatic carbocycles. The van der Waals surface area contributed by atoms with Gasteiger partial charge in [-0.3, -0.25) is 14.0 Å². The number of piperazine rings is 1. The second kappa shape index (κ2) is 13.9. The Hall–Kier alpha value is -5.89. The average molecular weight is 679 g/mol. The lowest BCUT2D eigenvalue weighted by molar-refractivity contribution is -0.130. The van der Waals surface area contributed by atoms with Gasteiger partial charge in [-0.1, -0.05) is 24.3 Å². The van der Waals surface area contributed by atoms with E-state index in [-0.39, 0.29) is 30.3 Å². The fraction of sp³-hybridized carbons (Fsp3) is 0.278. The van der Waals surface area contributed by atoms with E-state index in [4.69, 9.17) is 16.3 Å². The molecule has 0 radical (unpaired) electrons. The number of nitrogens with zero attached hydrogens (tertiary/aromatic N) is 7. The van der Waals surface area contributed by atoms with E-state index in [2.05, 4.69) is 19.9 Å². The Labute approximate surface area is 288 Å². The number of methoxy groups -OCH3 is 1. The van der Waals surface area contributed by atoms with Crippen molar-refractivity contribution in [3.8, 4) is 16.9 Å². The fourth-order valence-electron chi connectivity index (χ4n) is 6.78. The molecule has 2 aliphatic rings. The highest BCUT2D eigenvalue weighted by atomic mass is 19.1. The van der Waals surface area contributed by atoms with Crippen LogP contribution in [0.3, 0.4) is 0 Å². The number of benzene rings is 2. The lowest BCUT2D eigenvalue weighted by atomic mass is 9.93. The van der Waals surface area contributed by atoms with E-state index in [1.807, 2.05) is 47.0 Å². The van der Waals surface area contributed by atoms with E-state index in [9.17, 15) is 9.59 Å². The number of aromatic amines is 1. The minimum Gasteiger partial charge on any atom is -0.496 e. The lowest BCUT2D eigenvalue weighted by Gasteiger charge is -2.35. The van der Waals surface area contributed by atoms with Gasteiger partial charge in [0, 0.05) is 93.5 Å². The summed E-state index contributed by atoms with van der Waals surface area (Å²) in [6.45, 7) is 3.24. The fourth-order valence-corrected chi connectivity index (χ4v) is 6.78. The number of ether oxygens (including phenoxy) is 1. The topological polar surface area (TPSA) is 154 Å². The number of hydrazine groups is 1. The van der Waals surface area contributed by atoms with Crippen molar-refractivity contribution in [3.05, 3.63) is 96.6 Å². The number of anilines is 1. The number of para-hydroxylation sites is 1. The molecule has 14 heteroatoms. The van der Waals surface area contributed by atoms with Crippen molar-refractivity contribution >= 4 is 39.9 Å². The Kier molecular flexibility index (Phi) is 9.09. The molecule has 3 aromatic heterocycles. The molecule has 2 aliphatic heterocycles. The quantitative estimate of drug-likeness (QED) is 0.157. The van der Waals surface area contributed by atoms with Crippen molar-refractivity contribution in [2.75, 3.05) is 57.8 Å². The lowest BCUT2D eigenvalue weighted by Crippen LogP contribution is -2.49. The Balaban J connectivity index is 1.18. The third-order valence-electron chi connectivity index (χ3n) is 9.35. The standard InChI is InChI=1S/C36H39FN10O3/c1-50-30-8-3-2-7-25(30)27-20-26(24-6-4-12-45(23-24)32(48)9-14-46(39)15-10-38)33(37)34-28(27)21-29(42-34)35(49)44-18-16-43(17-19-44)31-22-41-36-40-11-5-13-47(31)36/h2-3,5-8,10-11,13,15,20-22,42H,4,9,12,14,16-19,23,38-39H2,1H3/b15-10-. The van der Waals surface area contributed by atoms with Crippen molar-refractivity contribution in [1.29, 1.82) is 0 Å². The maximum Gasteiger partial charge on any atom is 0.270 e. The van der Waals surface area contributed by atoms with Gasteiger partial charge in [0.2, 0.25) is 11.7 Å². The zero-order valence-corrected chi connectivity index (χ0v) is 27.8. The number of H-pyrrole nitrogens is 1. The molecule has 1 saturated heterocycles. The van der Waals surface area contributed by atoms with E-state index < -0.39 is 5.82 Å². The number of carbonyl (C=O) groups excluding carboxylic acids is 2. The second-order valence-corrected chi connectivity index (χ2v) is 12.3. The van der Waals surface area contributed by atoms with E-state index in [0.717, 1.165) is 11.4 Å². The van der Waals surface area contributed by atoms with Crippen molar-refractivity contribution in [3.63, 3.8) is 0 Å². The summed E-state index contributed by atoms with van der Waals surface area (Å²) in [5.74, 6) is 7.23. The average Bonchev–Trinajstić information content (AvgIpc) is 3.80. The third kappa shape index (κ3) is 6.20. The predicted octanol–water partition coefficient (Wildman–Crippen LogP) is 3.60. The highest BCUT2D eigenvalue weighted by molar-refractivity contribution is 6.05. The van der Waals surface area contributed by atoms with Crippen LogP contribution in [0.2, 0.25) is 0 Å². The molecule has 0 spiro atoms. The molecule has 2 aromatic carbocycles. The number of fused-ring (bicyclic) bond motifs is 2. The predicted molar refractivity (Wildman–Crippen MR) is 189 cm³/mol. The molecule has 7 rings (SSSR count). The molecule has 5 N–H and O–H groups in total. The van der Waals surface area contributed by atoms with Crippen LogP contribution < -0.4 is 21.2 Å². The summed E-state index contributed by atoms with van der Waals surface area (Å²) in [6.07, 6.45) is 11.0. The van der Waals surface area contributed by atoms with Crippen molar-refractivity contribution in [2.45, 2.75) is 12.8 Å². The molecule has 2 amide bonds. The minimum absolute atomic E-state index is 0.0890. The van der Waals surface area contributed by atoms with Gasteiger partial charge in [0.05, 0.1) is 18.8 Å². The van der Waals surface area contributed by atoms with Crippen LogP contribution in [-0.4, -0.2) is 98.9 Å². The summed E-state index contributed by atoms with van der Waals surface area (Å²) in [6, 6.07) is 12.9. The van der Waals surface area contributed by atoms with Gasteiger partial charge in [-0.25, -0.2) is 20.2 Å². The van der Waals surface area contributed by atoms with E-state index in [1.165, 1.54) is 17.4 Å². The number of imidazole rings is 1. The number of carbonyl (C=O) groups is 2. The third-order valence-corrected chi connectivity index (χ3v) is 9.35. The molecule has 1 fully saturated rings. The Morgan fingerprint density at radius 1 is 1.04 bits per heavy atom. The number of nitrogens with one attached hydrogen (secondary N) is 1. The molecule has 0 bridgehead atoms. The van der Waals surface area contributed by atoms with Gasteiger partial charge in [0.25, 0.3) is 5.91 Å². The number of halogens is 1. The first-order valence-corrected chi connectivity index (χ1v) is 16.5. The number of nitrogens with two attached hydrogens (primary N) is 2. The van der Waals surface area contributed by atoms with Crippen LogP contribution in [0.15, 0.2) is 79.5 Å². The van der Waals surface area contributed by atoms with Gasteiger partial charge in [0.15, 0.2) is 5.82 Å². The summed E-state index contributed by atoms with van der Waals surface area (Å²) in [7, 11) is 1.59. The first-order chi connectivity index (χ1) is 24.4. The van der Waals surface area contributed by atoms with Gasteiger partial charge in [-0.15, -0.1) is 0 Å². The largest absolute Gasteiger partial charge is 0.496 e. The molecule has 258 valence electrons. The van der Waals surface area contributed by atoms with Gasteiger partial charge in [-0.2, -0.15) is 0 Å². The molecule has 13 nitrogen and oxygen atoms in total. The number of hydrogen-bond acceptors (Lipinski definition) is 9. The summed E-state index contributed by atoms with van der Waals surface area (Å²) >= 11 is 0. The van der Waals surface area contributed by atoms with Gasteiger partial charge >= 0.3 is 0 Å². The van der Waals surface area contributed by atoms with Crippen LogP contribution in [0, 0.1) is 5.82 Å². The van der Waals surface area contributed by atoms with Crippen LogP contribution in [0.1, 0.15) is 28.9 Å². The summed E-state index contributed by atoms with van der Waals surface area (Å²) in [4.78, 5) is 44.6. The number of hydrogen-bond donors (Lipinski definition) is 3. The molecule has 5 heterocycles. The minimum atomic E-state index is -0.481. The van der Waals surface area contributed by atoms with Crippen molar-refractivity contribution in [2.24, 2.45) is 11.6 Å². The summed E-state index contributed by atoms with van der Waals surface area (Å²) in [5, 5.41) is 1.92. The van der Waals surface area contributed by atoms with Crippen LogP contribution in [-0.2, 0) is 4.79 Å². The SMILES string of the molecule is COc1ccccc1-c1cc(C2=CCCN(C(=O)CCN(N)/C=C\N)C2)c(F)c2[nH]c(C(=O)N3CCN(c4cnc5ncccn45)CC3)cc12. The molecule has 0 unspecified atom stereocenters. The molecule has 0 saturated carbocycles. The Morgan fingerprint density at radius 2 is 1.86 bits per heavy atom. The molecule has 0 atom stereocenters. The maximum absolute atomic E-state index is 16.7. The van der Waals surface area contributed by atoms with Gasteiger partial charge in [0.1, 0.15) is 17.3 Å². The Bertz CT molecular complexity index is 2110. The number of aromatic nitrogens is 4. The van der Waals surface area contributed by atoms with E-state index in [0.29, 0.717) is 85.0 Å². The molecule has 50 heavy (non-hydrogen) atoms. The molecular formula is C36H39FN10O3. The number of amides is 2. The Morgan fingerprint density at radius 3 is 2.66 bits per heavy atom. The van der Waals surface area contributed by atoms with Gasteiger partial charge < -0.3 is 35.2 Å². The highest BCUT2D eigenvalue weighted by Gasteiger charge is 2.28. The van der Waals surface area contributed by atoms with Gasteiger partial charge in [-0.05, 0) is 41.8 Å². The normalized spacial score (nSPS) is 15.3. The van der Waals surface area contributed by atoms with Crippen LogP contribution in [0.25, 0.3) is 33.4 Å². The zero-order valence-electron chi connectivity index (χ0n) is 27.8. The summed E-state index contributed by atoms with van der Waals surface area (Å²) in [5.41, 5.74) is 8.45. The molecular weight excluding hydrogens is 639 g/mol. The highest BCUT2D eigenvalue weighted by Crippen LogP contribution is 2.40. The van der Waals surface area contributed by atoms with Crippen LogP contribution >= 0.6 is 0 Å². The maximum atomic E-state index is 16.7. The first kappa shape index (κ1) is 32.6.